The lowest BCUT2D eigenvalue weighted by atomic mass is 10.1. The van der Waals surface area contributed by atoms with Gasteiger partial charge in [-0.3, -0.25) is 14.5 Å². The van der Waals surface area contributed by atoms with Gasteiger partial charge in [0.05, 0.1) is 5.56 Å². The van der Waals surface area contributed by atoms with Gasteiger partial charge in [-0.15, -0.1) is 0 Å². The Morgan fingerprint density at radius 2 is 1.84 bits per heavy atom. The van der Waals surface area contributed by atoms with Gasteiger partial charge in [0.1, 0.15) is 6.54 Å². The molecule has 1 aromatic rings. The monoisotopic (exact) mass is 357 g/mol. The van der Waals surface area contributed by atoms with Crippen molar-refractivity contribution in [1.82, 2.24) is 15.1 Å². The Balaban J connectivity index is 1.72. The van der Waals surface area contributed by atoms with Crippen molar-refractivity contribution in [2.45, 2.75) is 25.6 Å². The minimum atomic E-state index is -4.39. The van der Waals surface area contributed by atoms with Crippen LogP contribution in [0.3, 0.4) is 0 Å². The quantitative estimate of drug-likeness (QED) is 0.792. The average molecular weight is 357 g/mol. The van der Waals surface area contributed by atoms with Crippen molar-refractivity contribution in [2.24, 2.45) is 0 Å². The third-order valence-electron chi connectivity index (χ3n) is 3.79. The number of rotatable bonds is 6. The van der Waals surface area contributed by atoms with Gasteiger partial charge in [-0.25, -0.2) is 4.79 Å². The van der Waals surface area contributed by atoms with E-state index in [1.807, 2.05) is 0 Å². The minimum absolute atomic E-state index is 0.0406. The largest absolute Gasteiger partial charge is 0.416 e. The van der Waals surface area contributed by atoms with Gasteiger partial charge in [0.25, 0.3) is 0 Å². The van der Waals surface area contributed by atoms with E-state index in [-0.39, 0.29) is 43.9 Å². The van der Waals surface area contributed by atoms with Crippen molar-refractivity contribution >= 4 is 17.8 Å². The molecule has 0 bridgehead atoms. The molecule has 1 aromatic carbocycles. The number of hydrogen-bond donors (Lipinski definition) is 1. The molecule has 0 aromatic heterocycles. The molecule has 136 valence electrons. The van der Waals surface area contributed by atoms with E-state index >= 15 is 0 Å². The van der Waals surface area contributed by atoms with Gasteiger partial charge < -0.3 is 10.2 Å². The molecule has 1 heterocycles. The number of carbonyl (C=O) groups excluding carboxylic acids is 3. The number of imide groups is 1. The van der Waals surface area contributed by atoms with Gasteiger partial charge in [-0.05, 0) is 24.1 Å². The van der Waals surface area contributed by atoms with Crippen molar-refractivity contribution in [1.29, 1.82) is 0 Å². The van der Waals surface area contributed by atoms with Crippen LogP contribution in [0.25, 0.3) is 0 Å². The van der Waals surface area contributed by atoms with E-state index in [0.29, 0.717) is 12.0 Å². The van der Waals surface area contributed by atoms with Crippen molar-refractivity contribution in [3.63, 3.8) is 0 Å². The summed E-state index contributed by atoms with van der Waals surface area (Å²) in [5, 5.41) is 2.59. The van der Waals surface area contributed by atoms with Gasteiger partial charge in [-0.1, -0.05) is 12.1 Å². The summed E-state index contributed by atoms with van der Waals surface area (Å²) in [6.07, 6.45) is -3.95. The first-order valence-electron chi connectivity index (χ1n) is 7.67. The topological polar surface area (TPSA) is 69.7 Å². The molecule has 0 radical (unpaired) electrons. The first-order chi connectivity index (χ1) is 11.7. The van der Waals surface area contributed by atoms with Gasteiger partial charge in [0.2, 0.25) is 11.8 Å². The fraction of sp³-hybridized carbons (Fsp3) is 0.438. The lowest BCUT2D eigenvalue weighted by Crippen LogP contribution is -2.33. The summed E-state index contributed by atoms with van der Waals surface area (Å²) in [7, 11) is 1.52. The van der Waals surface area contributed by atoms with Crippen molar-refractivity contribution in [2.75, 3.05) is 20.1 Å². The van der Waals surface area contributed by atoms with Crippen LogP contribution in [-0.4, -0.2) is 47.8 Å². The SMILES string of the molecule is CN1CC(=O)N(CCCC(=O)NCc2ccc(C(F)(F)F)cc2)C1=O. The lowest BCUT2D eigenvalue weighted by molar-refractivity contribution is -0.137. The zero-order valence-electron chi connectivity index (χ0n) is 13.6. The Bertz CT molecular complexity index is 659. The molecule has 1 fully saturated rings. The standard InChI is InChI=1S/C16H18F3N3O3/c1-21-10-14(24)22(15(21)25)8-2-3-13(23)20-9-11-4-6-12(7-5-11)16(17,18)19/h4-7H,2-3,8-10H2,1H3,(H,20,23). The number of alkyl halides is 3. The summed E-state index contributed by atoms with van der Waals surface area (Å²) >= 11 is 0. The molecule has 9 heteroatoms. The summed E-state index contributed by atoms with van der Waals surface area (Å²) in [5.74, 6) is -0.593. The Labute approximate surface area is 142 Å². The second-order valence-corrected chi connectivity index (χ2v) is 5.76. The zero-order valence-corrected chi connectivity index (χ0v) is 13.6. The highest BCUT2D eigenvalue weighted by molar-refractivity contribution is 6.01. The van der Waals surface area contributed by atoms with E-state index in [9.17, 15) is 27.6 Å². The lowest BCUT2D eigenvalue weighted by Gasteiger charge is -2.13. The zero-order chi connectivity index (χ0) is 18.6. The van der Waals surface area contributed by atoms with Crippen molar-refractivity contribution in [3.05, 3.63) is 35.4 Å². The van der Waals surface area contributed by atoms with Crippen LogP contribution < -0.4 is 5.32 Å². The highest BCUT2D eigenvalue weighted by Gasteiger charge is 2.33. The molecule has 0 saturated carbocycles. The minimum Gasteiger partial charge on any atom is -0.352 e. The van der Waals surface area contributed by atoms with Gasteiger partial charge in [0, 0.05) is 26.6 Å². The van der Waals surface area contributed by atoms with E-state index in [0.717, 1.165) is 17.0 Å². The Kier molecular flexibility index (Phi) is 5.66. The molecule has 0 aliphatic carbocycles. The van der Waals surface area contributed by atoms with E-state index in [2.05, 4.69) is 5.32 Å². The maximum atomic E-state index is 12.5. The first kappa shape index (κ1) is 18.8. The van der Waals surface area contributed by atoms with Gasteiger partial charge in [0.15, 0.2) is 0 Å². The summed E-state index contributed by atoms with van der Waals surface area (Å²) in [6, 6.07) is 4.15. The molecular weight excluding hydrogens is 339 g/mol. The first-order valence-corrected chi connectivity index (χ1v) is 7.67. The van der Waals surface area contributed by atoms with Crippen LogP contribution in [0, 0.1) is 0 Å². The number of nitrogens with one attached hydrogen (secondary N) is 1. The molecule has 1 aliphatic rings. The molecule has 4 amide bonds. The third kappa shape index (κ3) is 4.94. The molecule has 0 atom stereocenters. The summed E-state index contributed by atoms with van der Waals surface area (Å²) in [4.78, 5) is 37.4. The summed E-state index contributed by atoms with van der Waals surface area (Å²) < 4.78 is 37.4. The van der Waals surface area contributed by atoms with Crippen molar-refractivity contribution in [3.8, 4) is 0 Å². The predicted octanol–water partition coefficient (Wildman–Crippen LogP) is 2.00. The number of hydrogen-bond acceptors (Lipinski definition) is 3. The van der Waals surface area contributed by atoms with Gasteiger partial charge >= 0.3 is 12.2 Å². The molecular formula is C16H18F3N3O3. The number of urea groups is 1. The molecule has 1 aliphatic heterocycles. The number of amides is 4. The number of likely N-dealkylation sites (N-methyl/N-ethyl adjacent to an activating group) is 1. The maximum absolute atomic E-state index is 12.5. The van der Waals surface area contributed by atoms with E-state index in [1.165, 1.54) is 24.1 Å². The van der Waals surface area contributed by atoms with Crippen LogP contribution in [0.4, 0.5) is 18.0 Å². The van der Waals surface area contributed by atoms with Crippen LogP contribution in [-0.2, 0) is 22.3 Å². The van der Waals surface area contributed by atoms with Crippen molar-refractivity contribution < 1.29 is 27.6 Å². The molecule has 25 heavy (non-hydrogen) atoms. The Morgan fingerprint density at radius 3 is 2.36 bits per heavy atom. The number of carbonyl (C=O) groups is 3. The van der Waals surface area contributed by atoms with E-state index in [4.69, 9.17) is 0 Å². The Hall–Kier alpha value is -2.58. The molecule has 1 N–H and O–H groups in total. The van der Waals surface area contributed by atoms with E-state index in [1.54, 1.807) is 0 Å². The molecule has 0 unspecified atom stereocenters. The molecule has 6 nitrogen and oxygen atoms in total. The summed E-state index contributed by atoms with van der Waals surface area (Å²) in [5.41, 5.74) is -0.194. The van der Waals surface area contributed by atoms with Gasteiger partial charge in [-0.2, -0.15) is 13.2 Å². The van der Waals surface area contributed by atoms with Crippen LogP contribution in [0.1, 0.15) is 24.0 Å². The molecule has 0 spiro atoms. The molecule has 1 saturated heterocycles. The van der Waals surface area contributed by atoms with E-state index < -0.39 is 11.7 Å². The van der Waals surface area contributed by atoms with Crippen LogP contribution in [0.2, 0.25) is 0 Å². The second kappa shape index (κ2) is 7.54. The Morgan fingerprint density at radius 1 is 1.20 bits per heavy atom. The predicted molar refractivity (Wildman–Crippen MR) is 82.3 cm³/mol. The smallest absolute Gasteiger partial charge is 0.352 e. The second-order valence-electron chi connectivity index (χ2n) is 5.76. The highest BCUT2D eigenvalue weighted by Crippen LogP contribution is 2.29. The normalized spacial score (nSPS) is 15.0. The fourth-order valence-electron chi connectivity index (χ4n) is 2.39. The number of benzene rings is 1. The summed E-state index contributed by atoms with van der Waals surface area (Å²) in [6.45, 7) is 0.315. The van der Waals surface area contributed by atoms with Crippen LogP contribution in [0.15, 0.2) is 24.3 Å². The number of halogens is 3. The fourth-order valence-corrected chi connectivity index (χ4v) is 2.39. The number of nitrogens with zero attached hydrogens (tertiary/aromatic N) is 2. The van der Waals surface area contributed by atoms with Crippen LogP contribution in [0.5, 0.6) is 0 Å². The third-order valence-corrected chi connectivity index (χ3v) is 3.79. The highest BCUT2D eigenvalue weighted by atomic mass is 19.4. The maximum Gasteiger partial charge on any atom is 0.416 e. The van der Waals surface area contributed by atoms with Crippen LogP contribution >= 0.6 is 0 Å². The molecule has 2 rings (SSSR count). The average Bonchev–Trinajstić information content (AvgIpc) is 2.78.